The molecule has 0 rings (SSSR count). The van der Waals surface area contributed by atoms with Crippen molar-refractivity contribution in [2.75, 3.05) is 0 Å². The highest BCUT2D eigenvalue weighted by atomic mass is 16.6. The number of aliphatic hydroxyl groups is 5. The van der Waals surface area contributed by atoms with Crippen molar-refractivity contribution in [2.24, 2.45) is 5.73 Å². The second kappa shape index (κ2) is 2.56. The summed E-state index contributed by atoms with van der Waals surface area (Å²) in [5.74, 6) is 0. The molecule has 0 radical (unpaired) electrons. The van der Waals surface area contributed by atoms with Crippen LogP contribution < -0.4 is 5.73 Å². The van der Waals surface area contributed by atoms with E-state index in [-0.39, 0.29) is 0 Å². The molecular weight excluding hydrogens is 130 g/mol. The van der Waals surface area contributed by atoms with Crippen LogP contribution in [-0.2, 0) is 0 Å². The van der Waals surface area contributed by atoms with Gasteiger partial charge in [-0.2, -0.15) is 0 Å². The molecule has 0 aromatic heterocycles. The topological polar surface area (TPSA) is 127 Å². The predicted octanol–water partition coefficient (Wildman–Crippen LogP) is -3.74. The average molecular weight is 139 g/mol. The lowest BCUT2D eigenvalue weighted by Gasteiger charge is -2.25. The third kappa shape index (κ3) is 1.86. The van der Waals surface area contributed by atoms with E-state index >= 15 is 0 Å². The van der Waals surface area contributed by atoms with Crippen molar-refractivity contribution in [3.63, 3.8) is 0 Å². The van der Waals surface area contributed by atoms with E-state index in [1.807, 2.05) is 0 Å². The summed E-state index contributed by atoms with van der Waals surface area (Å²) in [4.78, 5) is 0. The monoisotopic (exact) mass is 139 g/mol. The molecule has 0 spiro atoms. The van der Waals surface area contributed by atoms with Crippen LogP contribution in [0, 0.1) is 0 Å². The molecule has 0 aliphatic heterocycles. The summed E-state index contributed by atoms with van der Waals surface area (Å²) >= 11 is 0. The first-order valence-electron chi connectivity index (χ1n) is 2.12. The first kappa shape index (κ1) is 8.76. The second-order valence-corrected chi connectivity index (χ2v) is 1.63. The molecule has 0 fully saturated rings. The number of nitrogens with two attached hydrogens (primary N) is 1. The fourth-order valence-corrected chi connectivity index (χ4v) is 0.133. The Hall–Kier alpha value is -0.240. The van der Waals surface area contributed by atoms with E-state index in [4.69, 9.17) is 25.5 Å². The van der Waals surface area contributed by atoms with E-state index < -0.39 is 18.3 Å². The van der Waals surface area contributed by atoms with Gasteiger partial charge in [-0.05, 0) is 0 Å². The third-order valence-electron chi connectivity index (χ3n) is 0.827. The van der Waals surface area contributed by atoms with E-state index in [1.54, 1.807) is 0 Å². The Labute approximate surface area is 50.8 Å². The Morgan fingerprint density at radius 2 is 1.22 bits per heavy atom. The highest BCUT2D eigenvalue weighted by molar-refractivity contribution is 4.74. The van der Waals surface area contributed by atoms with E-state index in [0.29, 0.717) is 0 Å². The van der Waals surface area contributed by atoms with Gasteiger partial charge >= 0.3 is 0 Å². The quantitative estimate of drug-likeness (QED) is 0.218. The molecule has 0 bridgehead atoms. The maximum atomic E-state index is 8.45. The average Bonchev–Trinajstić information content (AvgIpc) is 1.65. The molecule has 0 atom stereocenters. The predicted molar refractivity (Wildman–Crippen MR) is 25.6 cm³/mol. The number of hydrogen-bond donors (Lipinski definition) is 6. The summed E-state index contributed by atoms with van der Waals surface area (Å²) in [5, 5.41) is 40.9. The van der Waals surface area contributed by atoms with Crippen molar-refractivity contribution >= 4 is 0 Å². The summed E-state index contributed by atoms with van der Waals surface area (Å²) in [6, 6.07) is 0. The van der Waals surface area contributed by atoms with Crippen LogP contribution in [0.2, 0.25) is 0 Å². The van der Waals surface area contributed by atoms with E-state index in [1.165, 1.54) is 0 Å². The molecule has 0 aromatic carbocycles. The van der Waals surface area contributed by atoms with E-state index in [0.717, 1.165) is 0 Å². The summed E-state index contributed by atoms with van der Waals surface area (Å²) < 4.78 is 0. The molecule has 7 N–H and O–H groups in total. The van der Waals surface area contributed by atoms with Crippen molar-refractivity contribution in [1.29, 1.82) is 0 Å². The number of rotatable bonds is 2. The summed E-state index contributed by atoms with van der Waals surface area (Å²) in [5.41, 5.74) is 1.78. The fraction of sp³-hybridized carbons (Fsp3) is 1.00. The van der Waals surface area contributed by atoms with Gasteiger partial charge in [0.15, 0.2) is 12.6 Å². The Balaban J connectivity index is 4.01. The van der Waals surface area contributed by atoms with Crippen LogP contribution in [0.1, 0.15) is 0 Å². The van der Waals surface area contributed by atoms with E-state index in [9.17, 15) is 0 Å². The standard InChI is InChI=1S/C3H9NO5/c4-3(9,1(5)6)2(7)8/h1-2,5-9H,4H2. The minimum absolute atomic E-state index is 2.38. The lowest BCUT2D eigenvalue weighted by Crippen LogP contribution is -2.59. The van der Waals surface area contributed by atoms with Crippen molar-refractivity contribution in [1.82, 2.24) is 0 Å². The van der Waals surface area contributed by atoms with Crippen molar-refractivity contribution in [3.8, 4) is 0 Å². The van der Waals surface area contributed by atoms with Gasteiger partial charge in [-0.25, -0.2) is 0 Å². The number of hydrogen-bond acceptors (Lipinski definition) is 6. The first-order chi connectivity index (χ1) is 3.89. The minimum atomic E-state index is -2.78. The van der Waals surface area contributed by atoms with Gasteiger partial charge in [-0.15, -0.1) is 0 Å². The maximum absolute atomic E-state index is 8.45. The lowest BCUT2D eigenvalue weighted by molar-refractivity contribution is -0.271. The summed E-state index contributed by atoms with van der Waals surface area (Å²) in [7, 11) is 0. The zero-order chi connectivity index (χ0) is 7.65. The first-order valence-corrected chi connectivity index (χ1v) is 2.12. The normalized spacial score (nSPS) is 13.3. The van der Waals surface area contributed by atoms with E-state index in [2.05, 4.69) is 5.73 Å². The molecule has 6 heteroatoms. The molecule has 56 valence electrons. The fourth-order valence-electron chi connectivity index (χ4n) is 0.133. The van der Waals surface area contributed by atoms with Crippen LogP contribution in [0.3, 0.4) is 0 Å². The van der Waals surface area contributed by atoms with Gasteiger partial charge in [-0.3, -0.25) is 5.73 Å². The van der Waals surface area contributed by atoms with Crippen LogP contribution in [0.4, 0.5) is 0 Å². The van der Waals surface area contributed by atoms with Gasteiger partial charge in [0.05, 0.1) is 0 Å². The molecule has 0 aliphatic carbocycles. The van der Waals surface area contributed by atoms with Crippen LogP contribution in [0.25, 0.3) is 0 Å². The van der Waals surface area contributed by atoms with Gasteiger partial charge in [0.1, 0.15) is 0 Å². The molecule has 0 unspecified atom stereocenters. The van der Waals surface area contributed by atoms with Gasteiger partial charge in [0.2, 0.25) is 5.72 Å². The second-order valence-electron chi connectivity index (χ2n) is 1.63. The van der Waals surface area contributed by atoms with Crippen LogP contribution in [0.5, 0.6) is 0 Å². The highest BCUT2D eigenvalue weighted by Crippen LogP contribution is 2.03. The van der Waals surface area contributed by atoms with Crippen LogP contribution in [0.15, 0.2) is 0 Å². The Morgan fingerprint density at radius 3 is 1.22 bits per heavy atom. The van der Waals surface area contributed by atoms with Gasteiger partial charge in [-0.1, -0.05) is 0 Å². The zero-order valence-corrected chi connectivity index (χ0v) is 4.47. The third-order valence-corrected chi connectivity index (χ3v) is 0.827. The van der Waals surface area contributed by atoms with Gasteiger partial charge in [0, 0.05) is 0 Å². The minimum Gasteiger partial charge on any atom is -0.367 e. The lowest BCUT2D eigenvalue weighted by atomic mass is 10.2. The Bertz CT molecular complexity index is 80.2. The van der Waals surface area contributed by atoms with Crippen molar-refractivity contribution in [2.45, 2.75) is 18.3 Å². The van der Waals surface area contributed by atoms with Crippen LogP contribution in [-0.4, -0.2) is 43.8 Å². The molecule has 0 heterocycles. The van der Waals surface area contributed by atoms with Crippen LogP contribution >= 0.6 is 0 Å². The Morgan fingerprint density at radius 1 is 1.00 bits per heavy atom. The number of aliphatic hydroxyl groups excluding tert-OH is 2. The maximum Gasteiger partial charge on any atom is 0.216 e. The molecule has 6 nitrogen and oxygen atoms in total. The molecule has 0 saturated heterocycles. The molecular formula is C3H9NO5. The molecule has 0 saturated carbocycles. The van der Waals surface area contributed by atoms with Gasteiger partial charge in [0.25, 0.3) is 0 Å². The summed E-state index contributed by atoms with van der Waals surface area (Å²) in [6.07, 6.45) is -4.75. The molecule has 9 heavy (non-hydrogen) atoms. The van der Waals surface area contributed by atoms with Crippen molar-refractivity contribution in [3.05, 3.63) is 0 Å². The van der Waals surface area contributed by atoms with Gasteiger partial charge < -0.3 is 25.5 Å². The van der Waals surface area contributed by atoms with Crippen molar-refractivity contribution < 1.29 is 25.5 Å². The summed E-state index contributed by atoms with van der Waals surface area (Å²) in [6.45, 7) is 0. The largest absolute Gasteiger partial charge is 0.367 e. The zero-order valence-electron chi connectivity index (χ0n) is 4.47. The smallest absolute Gasteiger partial charge is 0.216 e. The molecule has 0 aromatic rings. The molecule has 0 amide bonds. The SMILES string of the molecule is NC(O)(C(O)O)C(O)O. The molecule has 0 aliphatic rings. The highest BCUT2D eigenvalue weighted by Gasteiger charge is 2.36. The Kier molecular flexibility index (Phi) is 2.50.